The van der Waals surface area contributed by atoms with E-state index in [1.165, 1.54) is 10.8 Å². The van der Waals surface area contributed by atoms with Gasteiger partial charge in [0.2, 0.25) is 0 Å². The molecule has 0 aliphatic carbocycles. The van der Waals surface area contributed by atoms with E-state index in [4.69, 9.17) is 11.6 Å². The van der Waals surface area contributed by atoms with Gasteiger partial charge in [-0.1, -0.05) is 78.3 Å². The van der Waals surface area contributed by atoms with Crippen LogP contribution in [0.15, 0.2) is 72.8 Å². The van der Waals surface area contributed by atoms with E-state index in [1.54, 1.807) is 0 Å². The molecule has 0 radical (unpaired) electrons. The van der Waals surface area contributed by atoms with E-state index in [1.807, 2.05) is 24.3 Å². The third-order valence-electron chi connectivity index (χ3n) is 3.76. The summed E-state index contributed by atoms with van der Waals surface area (Å²) in [7, 11) is 0. The maximum absolute atomic E-state index is 6.35. The molecule has 1 aromatic heterocycles. The normalized spacial score (nSPS) is 11.1. The molecular formula is C19H12ClN. The van der Waals surface area contributed by atoms with Gasteiger partial charge in [0.1, 0.15) is 5.15 Å². The van der Waals surface area contributed by atoms with Gasteiger partial charge in [0.15, 0.2) is 0 Å². The molecule has 0 saturated carbocycles. The zero-order chi connectivity index (χ0) is 14.2. The number of hydrogen-bond acceptors (Lipinski definition) is 1. The van der Waals surface area contributed by atoms with Crippen LogP contribution < -0.4 is 0 Å². The Morgan fingerprint density at radius 1 is 0.667 bits per heavy atom. The quantitative estimate of drug-likeness (QED) is 0.409. The van der Waals surface area contributed by atoms with E-state index in [-0.39, 0.29) is 0 Å². The highest BCUT2D eigenvalue weighted by Gasteiger charge is 2.08. The lowest BCUT2D eigenvalue weighted by Gasteiger charge is -2.08. The van der Waals surface area contributed by atoms with Gasteiger partial charge in [-0.15, -0.1) is 0 Å². The molecule has 0 fully saturated rings. The fraction of sp³-hybridized carbons (Fsp3) is 0. The Hall–Kier alpha value is -2.38. The zero-order valence-electron chi connectivity index (χ0n) is 11.3. The molecule has 0 aliphatic rings. The number of rotatable bonds is 1. The fourth-order valence-electron chi connectivity index (χ4n) is 2.74. The van der Waals surface area contributed by atoms with Gasteiger partial charge in [0, 0.05) is 10.9 Å². The van der Waals surface area contributed by atoms with Gasteiger partial charge in [-0.25, -0.2) is 4.98 Å². The first kappa shape index (κ1) is 12.4. The van der Waals surface area contributed by atoms with E-state index < -0.39 is 0 Å². The average molecular weight is 290 g/mol. The van der Waals surface area contributed by atoms with Crippen molar-refractivity contribution < 1.29 is 0 Å². The van der Waals surface area contributed by atoms with E-state index in [0.717, 1.165) is 22.0 Å². The van der Waals surface area contributed by atoms with Crippen LogP contribution in [0.1, 0.15) is 0 Å². The van der Waals surface area contributed by atoms with Crippen LogP contribution in [0, 0.1) is 0 Å². The van der Waals surface area contributed by atoms with Gasteiger partial charge in [0.25, 0.3) is 0 Å². The zero-order valence-corrected chi connectivity index (χ0v) is 12.0. The van der Waals surface area contributed by atoms with Crippen molar-refractivity contribution in [3.63, 3.8) is 0 Å². The van der Waals surface area contributed by atoms with E-state index in [0.29, 0.717) is 5.15 Å². The third kappa shape index (κ3) is 2.07. The van der Waals surface area contributed by atoms with Crippen LogP contribution in [-0.4, -0.2) is 4.98 Å². The number of fused-ring (bicyclic) bond motifs is 2. The number of nitrogens with zero attached hydrogens (tertiary/aromatic N) is 1. The lowest BCUT2D eigenvalue weighted by Crippen LogP contribution is -1.88. The molecule has 21 heavy (non-hydrogen) atoms. The summed E-state index contributed by atoms with van der Waals surface area (Å²) in [4.78, 5) is 4.59. The van der Waals surface area contributed by atoms with Crippen molar-refractivity contribution in [3.05, 3.63) is 77.9 Å². The van der Waals surface area contributed by atoms with Gasteiger partial charge < -0.3 is 0 Å². The SMILES string of the molecule is Clc1nc(-c2cccc3ccccc23)cc2ccccc12. The molecule has 0 aliphatic heterocycles. The molecule has 4 aromatic rings. The number of pyridine rings is 1. The molecule has 0 bridgehead atoms. The van der Waals surface area contributed by atoms with Crippen LogP contribution in [0.2, 0.25) is 5.15 Å². The van der Waals surface area contributed by atoms with Crippen molar-refractivity contribution in [3.8, 4) is 11.3 Å². The second kappa shape index (κ2) is 4.87. The Labute approximate surface area is 127 Å². The summed E-state index contributed by atoms with van der Waals surface area (Å²) in [6, 6.07) is 24.8. The van der Waals surface area contributed by atoms with Gasteiger partial charge >= 0.3 is 0 Å². The van der Waals surface area contributed by atoms with Crippen LogP contribution in [0.3, 0.4) is 0 Å². The van der Waals surface area contributed by atoms with Crippen LogP contribution in [0.4, 0.5) is 0 Å². The topological polar surface area (TPSA) is 12.9 Å². The number of benzene rings is 3. The maximum atomic E-state index is 6.35. The van der Waals surface area contributed by atoms with Gasteiger partial charge in [-0.2, -0.15) is 0 Å². The standard InChI is InChI=1S/C19H12ClN/c20-19-16-10-4-2-7-14(16)12-18(21-19)17-11-5-8-13-6-1-3-9-15(13)17/h1-12H. The number of aromatic nitrogens is 1. The molecule has 0 amide bonds. The molecule has 0 spiro atoms. The van der Waals surface area contributed by atoms with Crippen molar-refractivity contribution in [1.29, 1.82) is 0 Å². The predicted octanol–water partition coefficient (Wildman–Crippen LogP) is 5.71. The first-order valence-electron chi connectivity index (χ1n) is 6.86. The fourth-order valence-corrected chi connectivity index (χ4v) is 3.01. The molecule has 100 valence electrons. The maximum Gasteiger partial charge on any atom is 0.137 e. The Morgan fingerprint density at radius 3 is 2.19 bits per heavy atom. The smallest absolute Gasteiger partial charge is 0.137 e. The van der Waals surface area contributed by atoms with Crippen molar-refractivity contribution in [2.75, 3.05) is 0 Å². The highest BCUT2D eigenvalue weighted by Crippen LogP contribution is 2.31. The molecule has 4 rings (SSSR count). The molecular weight excluding hydrogens is 278 g/mol. The first-order valence-corrected chi connectivity index (χ1v) is 7.24. The summed E-state index contributed by atoms with van der Waals surface area (Å²) < 4.78 is 0. The molecule has 0 unspecified atom stereocenters. The molecule has 0 saturated heterocycles. The monoisotopic (exact) mass is 289 g/mol. The van der Waals surface area contributed by atoms with Gasteiger partial charge in [0.05, 0.1) is 5.69 Å². The lowest BCUT2D eigenvalue weighted by molar-refractivity contribution is 1.36. The summed E-state index contributed by atoms with van der Waals surface area (Å²) in [5.74, 6) is 0. The molecule has 0 N–H and O–H groups in total. The molecule has 1 nitrogen and oxygen atoms in total. The van der Waals surface area contributed by atoms with Crippen LogP contribution in [-0.2, 0) is 0 Å². The highest BCUT2D eigenvalue weighted by molar-refractivity contribution is 6.34. The summed E-state index contributed by atoms with van der Waals surface area (Å²) >= 11 is 6.35. The van der Waals surface area contributed by atoms with Crippen molar-refractivity contribution in [2.24, 2.45) is 0 Å². The Balaban J connectivity index is 2.05. The predicted molar refractivity (Wildman–Crippen MR) is 89.7 cm³/mol. The van der Waals surface area contributed by atoms with Crippen LogP contribution in [0.5, 0.6) is 0 Å². The average Bonchev–Trinajstić information content (AvgIpc) is 2.54. The molecule has 2 heteroatoms. The second-order valence-electron chi connectivity index (χ2n) is 5.05. The lowest BCUT2D eigenvalue weighted by atomic mass is 10.0. The summed E-state index contributed by atoms with van der Waals surface area (Å²) in [5.41, 5.74) is 2.02. The Bertz CT molecular complexity index is 954. The largest absolute Gasteiger partial charge is 0.235 e. The summed E-state index contributed by atoms with van der Waals surface area (Å²) in [6.45, 7) is 0. The molecule has 3 aromatic carbocycles. The van der Waals surface area contributed by atoms with Crippen LogP contribution in [0.25, 0.3) is 32.8 Å². The minimum absolute atomic E-state index is 0.552. The van der Waals surface area contributed by atoms with E-state index >= 15 is 0 Å². The first-order chi connectivity index (χ1) is 10.3. The minimum Gasteiger partial charge on any atom is -0.235 e. The second-order valence-corrected chi connectivity index (χ2v) is 5.40. The van der Waals surface area contributed by atoms with Gasteiger partial charge in [-0.05, 0) is 22.2 Å². The van der Waals surface area contributed by atoms with Crippen molar-refractivity contribution >= 4 is 33.1 Å². The van der Waals surface area contributed by atoms with Crippen molar-refractivity contribution in [1.82, 2.24) is 4.98 Å². The number of halogens is 1. The molecule has 1 heterocycles. The Morgan fingerprint density at radius 2 is 1.33 bits per heavy atom. The summed E-state index contributed by atoms with van der Waals surface area (Å²) in [5, 5.41) is 5.06. The third-order valence-corrected chi connectivity index (χ3v) is 4.05. The molecule has 0 atom stereocenters. The van der Waals surface area contributed by atoms with E-state index in [9.17, 15) is 0 Å². The van der Waals surface area contributed by atoms with Crippen molar-refractivity contribution in [2.45, 2.75) is 0 Å². The van der Waals surface area contributed by atoms with Gasteiger partial charge in [-0.3, -0.25) is 0 Å². The highest BCUT2D eigenvalue weighted by atomic mass is 35.5. The number of hydrogen-bond donors (Lipinski definition) is 0. The summed E-state index contributed by atoms with van der Waals surface area (Å²) in [6.07, 6.45) is 0. The van der Waals surface area contributed by atoms with Crippen LogP contribution >= 0.6 is 11.6 Å². The Kier molecular flexibility index (Phi) is 2.87. The minimum atomic E-state index is 0.552. The van der Waals surface area contributed by atoms with E-state index in [2.05, 4.69) is 53.5 Å².